The average Bonchev–Trinajstić information content (AvgIpc) is 3.17. The molecular weight excluding hydrogens is 422 g/mol. The van der Waals surface area contributed by atoms with E-state index >= 15 is 0 Å². The first-order valence-corrected chi connectivity index (χ1v) is 10.5. The molecule has 2 amide bonds. The first-order chi connectivity index (χ1) is 14.1. The Balaban J connectivity index is 2.28. The molecule has 170 valence electrons. The largest absolute Gasteiger partial charge is 0.480 e. The van der Waals surface area contributed by atoms with E-state index in [0.717, 1.165) is 11.8 Å². The summed E-state index contributed by atoms with van der Waals surface area (Å²) in [6, 6.07) is -1.66. The fourth-order valence-electron chi connectivity index (χ4n) is 2.76. The first-order valence-electron chi connectivity index (χ1n) is 9.54. The van der Waals surface area contributed by atoms with Gasteiger partial charge < -0.3 is 24.9 Å². The second-order valence-corrected chi connectivity index (χ2v) is 7.85. The third-order valence-electron chi connectivity index (χ3n) is 4.37. The normalized spacial score (nSPS) is 17.7. The smallest absolute Gasteiger partial charge is 0.407 e. The minimum Gasteiger partial charge on any atom is -0.480 e. The quantitative estimate of drug-likeness (QED) is 0.250. The van der Waals surface area contributed by atoms with Gasteiger partial charge in [-0.25, -0.2) is 9.59 Å². The number of rotatable bonds is 12. The van der Waals surface area contributed by atoms with Gasteiger partial charge >= 0.3 is 12.1 Å². The lowest BCUT2D eigenvalue weighted by Crippen LogP contribution is -2.43. The number of carboxylic acid groups (broad SMARTS) is 1. The van der Waals surface area contributed by atoms with Gasteiger partial charge in [-0.2, -0.15) is 0 Å². The van der Waals surface area contributed by atoms with Gasteiger partial charge in [0, 0.05) is 18.2 Å². The summed E-state index contributed by atoms with van der Waals surface area (Å²) >= 11 is 0.885. The van der Waals surface area contributed by atoms with Gasteiger partial charge in [0.1, 0.15) is 6.04 Å². The molecule has 0 spiro atoms. The van der Waals surface area contributed by atoms with Crippen LogP contribution in [0.4, 0.5) is 4.79 Å². The number of amides is 2. The van der Waals surface area contributed by atoms with Gasteiger partial charge in [0.15, 0.2) is 0 Å². The molecule has 0 radical (unpaired) electrons. The molecule has 12 nitrogen and oxygen atoms in total. The van der Waals surface area contributed by atoms with Crippen LogP contribution in [0.15, 0.2) is 0 Å². The van der Waals surface area contributed by atoms with E-state index in [-0.39, 0.29) is 30.0 Å². The molecule has 1 aliphatic heterocycles. The van der Waals surface area contributed by atoms with Gasteiger partial charge in [-0.05, 0) is 32.6 Å². The Morgan fingerprint density at radius 3 is 2.57 bits per heavy atom. The molecule has 2 N–H and O–H groups in total. The number of carbonyl (C=O) groups excluding carboxylic acids is 3. The maximum Gasteiger partial charge on any atom is 0.407 e. The highest BCUT2D eigenvalue weighted by Crippen LogP contribution is 2.22. The predicted octanol–water partition coefficient (Wildman–Crippen LogP) is 1.06. The molecule has 30 heavy (non-hydrogen) atoms. The Hall–Kier alpha value is -2.57. The number of nitrogens with one attached hydrogen (secondary N) is 1. The van der Waals surface area contributed by atoms with Crippen molar-refractivity contribution >= 4 is 34.8 Å². The molecule has 0 bridgehead atoms. The molecule has 1 aliphatic rings. The van der Waals surface area contributed by atoms with Gasteiger partial charge in [0.25, 0.3) is 5.09 Å². The zero-order chi connectivity index (χ0) is 22.7. The van der Waals surface area contributed by atoms with Crippen LogP contribution in [0.3, 0.4) is 0 Å². The van der Waals surface area contributed by atoms with E-state index < -0.39 is 35.2 Å². The van der Waals surface area contributed by atoms with Crippen LogP contribution in [0.25, 0.3) is 0 Å². The topological polar surface area (TPSA) is 165 Å². The number of carbonyl (C=O) groups is 4. The van der Waals surface area contributed by atoms with E-state index in [4.69, 9.17) is 4.74 Å². The van der Waals surface area contributed by atoms with E-state index in [1.807, 2.05) is 0 Å². The summed E-state index contributed by atoms with van der Waals surface area (Å²) < 4.78 is 4.88. The van der Waals surface area contributed by atoms with E-state index in [0.29, 0.717) is 32.2 Å². The highest BCUT2D eigenvalue weighted by Gasteiger charge is 2.36. The second-order valence-electron chi connectivity index (χ2n) is 6.82. The Labute approximate surface area is 177 Å². The van der Waals surface area contributed by atoms with Gasteiger partial charge in [-0.1, -0.05) is 18.7 Å². The second kappa shape index (κ2) is 12.9. The molecule has 0 aliphatic carbocycles. The zero-order valence-electron chi connectivity index (χ0n) is 16.9. The predicted molar refractivity (Wildman–Crippen MR) is 105 cm³/mol. The Morgan fingerprint density at radius 1 is 1.27 bits per heavy atom. The molecular formula is C17H27N3O9S. The number of hydrogen-bond acceptors (Lipinski definition) is 9. The van der Waals surface area contributed by atoms with Gasteiger partial charge in [-0.15, -0.1) is 10.1 Å². The average molecular weight is 449 g/mol. The molecule has 0 saturated carbocycles. The number of nitrogens with zero attached hydrogens (tertiary/aromatic N) is 2. The van der Waals surface area contributed by atoms with Crippen molar-refractivity contribution in [3.8, 4) is 0 Å². The molecule has 0 aromatic heterocycles. The Bertz CT molecular complexity index is 646. The van der Waals surface area contributed by atoms with E-state index in [2.05, 4.69) is 10.2 Å². The zero-order valence-corrected chi connectivity index (χ0v) is 17.7. The van der Waals surface area contributed by atoms with Crippen molar-refractivity contribution < 1.29 is 38.9 Å². The standard InChI is InChI=1S/C17H27N3O9S/c1-11(14(21)19-7-5-6-13(19)15(22)23)10-30-16(24)12(2)18-17(25)28-8-3-4-9-29-20(26)27/h11-13H,3-10H2,1-2H3,(H,18,25)(H,22,23)/t11-,12?,13+/m1/s1. The van der Waals surface area contributed by atoms with Crippen molar-refractivity contribution in [3.63, 3.8) is 0 Å². The number of aliphatic carboxylic acids is 1. The number of unbranched alkanes of at least 4 members (excludes halogenated alkanes) is 1. The van der Waals surface area contributed by atoms with Crippen molar-refractivity contribution in [1.29, 1.82) is 0 Å². The van der Waals surface area contributed by atoms with Crippen LogP contribution in [0.5, 0.6) is 0 Å². The van der Waals surface area contributed by atoms with E-state index in [9.17, 15) is 34.4 Å². The molecule has 0 aromatic rings. The summed E-state index contributed by atoms with van der Waals surface area (Å²) in [4.78, 5) is 62.9. The van der Waals surface area contributed by atoms with Crippen LogP contribution in [0.2, 0.25) is 0 Å². The van der Waals surface area contributed by atoms with Crippen molar-refractivity contribution in [3.05, 3.63) is 10.1 Å². The lowest BCUT2D eigenvalue weighted by molar-refractivity contribution is -0.757. The number of carboxylic acids is 1. The number of ether oxygens (including phenoxy) is 1. The lowest BCUT2D eigenvalue weighted by Gasteiger charge is -2.24. The van der Waals surface area contributed by atoms with Crippen molar-refractivity contribution in [1.82, 2.24) is 10.2 Å². The summed E-state index contributed by atoms with van der Waals surface area (Å²) in [7, 11) is 0. The summed E-state index contributed by atoms with van der Waals surface area (Å²) in [5.41, 5.74) is 0. The maximum atomic E-state index is 12.5. The molecule has 1 rings (SSSR count). The van der Waals surface area contributed by atoms with E-state index in [1.54, 1.807) is 6.92 Å². The van der Waals surface area contributed by atoms with Crippen LogP contribution >= 0.6 is 11.8 Å². The molecule has 1 unspecified atom stereocenters. The Kier molecular flexibility index (Phi) is 10.9. The van der Waals surface area contributed by atoms with Crippen LogP contribution in [0.1, 0.15) is 39.5 Å². The number of thioether (sulfide) groups is 1. The Morgan fingerprint density at radius 2 is 1.93 bits per heavy atom. The summed E-state index contributed by atoms with van der Waals surface area (Å²) in [6.45, 7) is 3.43. The molecule has 13 heteroatoms. The summed E-state index contributed by atoms with van der Waals surface area (Å²) in [6.07, 6.45) is 0.965. The lowest BCUT2D eigenvalue weighted by atomic mass is 10.1. The fraction of sp³-hybridized carbons (Fsp3) is 0.765. The maximum absolute atomic E-state index is 12.5. The summed E-state index contributed by atoms with van der Waals surface area (Å²) in [5, 5.41) is 20.3. The van der Waals surface area contributed by atoms with Crippen molar-refractivity contribution in [2.45, 2.75) is 51.6 Å². The van der Waals surface area contributed by atoms with Crippen LogP contribution in [-0.4, -0.2) is 75.8 Å². The van der Waals surface area contributed by atoms with Crippen molar-refractivity contribution in [2.75, 3.05) is 25.5 Å². The first kappa shape index (κ1) is 25.5. The highest BCUT2D eigenvalue weighted by atomic mass is 32.2. The summed E-state index contributed by atoms with van der Waals surface area (Å²) in [5.74, 6) is -1.71. The minimum atomic E-state index is -1.03. The minimum absolute atomic E-state index is 0.0209. The van der Waals surface area contributed by atoms with E-state index in [1.165, 1.54) is 11.8 Å². The third-order valence-corrected chi connectivity index (χ3v) is 5.68. The third kappa shape index (κ3) is 8.84. The van der Waals surface area contributed by atoms with Crippen LogP contribution in [0, 0.1) is 16.0 Å². The molecule has 0 aromatic carbocycles. The van der Waals surface area contributed by atoms with Gasteiger partial charge in [-0.3, -0.25) is 9.59 Å². The molecule has 3 atom stereocenters. The molecule has 1 fully saturated rings. The fourth-order valence-corrected chi connectivity index (χ4v) is 3.62. The van der Waals surface area contributed by atoms with Crippen molar-refractivity contribution in [2.24, 2.45) is 5.92 Å². The van der Waals surface area contributed by atoms with Crippen LogP contribution < -0.4 is 5.32 Å². The highest BCUT2D eigenvalue weighted by molar-refractivity contribution is 8.13. The molecule has 1 heterocycles. The number of hydrogen-bond donors (Lipinski definition) is 2. The number of likely N-dealkylation sites (tertiary alicyclic amines) is 1. The SMILES string of the molecule is CC(NC(=O)OCCCCO[N+](=O)[O-])C(=O)SC[C@@H](C)C(=O)N1CCC[C@H]1C(=O)O. The van der Waals surface area contributed by atoms with Gasteiger partial charge in [0.2, 0.25) is 11.0 Å². The van der Waals surface area contributed by atoms with Crippen LogP contribution in [-0.2, 0) is 24.0 Å². The van der Waals surface area contributed by atoms with Gasteiger partial charge in [0.05, 0.1) is 19.3 Å². The monoisotopic (exact) mass is 449 g/mol. The number of alkyl carbamates (subject to hydrolysis) is 1. The molecule has 1 saturated heterocycles.